The van der Waals surface area contributed by atoms with E-state index in [1.54, 1.807) is 18.3 Å². The van der Waals surface area contributed by atoms with Crippen LogP contribution in [0.15, 0.2) is 30.2 Å². The molecule has 6 heteroatoms. The van der Waals surface area contributed by atoms with Crippen LogP contribution < -0.4 is 10.4 Å². The Morgan fingerprint density at radius 1 is 1.30 bits per heavy atom. The van der Waals surface area contributed by atoms with Crippen LogP contribution >= 0.6 is 23.2 Å². The zero-order valence-corrected chi connectivity index (χ0v) is 14.4. The maximum Gasteiger partial charge on any atom is 0.157 e. The van der Waals surface area contributed by atoms with E-state index in [2.05, 4.69) is 0 Å². The predicted octanol–water partition coefficient (Wildman–Crippen LogP) is 1.94. The van der Waals surface area contributed by atoms with Crippen LogP contribution in [0.3, 0.4) is 0 Å². The molecule has 1 fully saturated rings. The van der Waals surface area contributed by atoms with Gasteiger partial charge in [-0.25, -0.2) is 0 Å². The second-order valence-electron chi connectivity index (χ2n) is 6.10. The molecule has 1 aromatic carbocycles. The molecule has 23 heavy (non-hydrogen) atoms. The Kier molecular flexibility index (Phi) is 5.49. The molecule has 2 N–H and O–H groups in total. The number of halogens is 2. The van der Waals surface area contributed by atoms with Crippen molar-refractivity contribution in [3.63, 3.8) is 0 Å². The Morgan fingerprint density at radius 2 is 2.17 bits per heavy atom. The second-order valence-corrected chi connectivity index (χ2v) is 6.91. The van der Waals surface area contributed by atoms with Crippen molar-refractivity contribution >= 4 is 23.2 Å². The fourth-order valence-electron chi connectivity index (χ4n) is 3.26. The summed E-state index contributed by atoms with van der Waals surface area (Å²) in [5.41, 5.74) is 0.304. The SMILES string of the molecule is [O-]C1=C[NH2+]CC1(CCOC1CCCCO1)c1ccc(Cl)c(Cl)c1. The van der Waals surface area contributed by atoms with Gasteiger partial charge in [0.15, 0.2) is 6.29 Å². The minimum Gasteiger partial charge on any atom is -0.871 e. The van der Waals surface area contributed by atoms with Gasteiger partial charge in [0, 0.05) is 6.61 Å². The Hall–Kier alpha value is -0.780. The minimum absolute atomic E-state index is 0.101. The molecule has 126 valence electrons. The Balaban J connectivity index is 1.72. The molecule has 0 amide bonds. The van der Waals surface area contributed by atoms with E-state index in [1.165, 1.54) is 0 Å². The van der Waals surface area contributed by atoms with Gasteiger partial charge in [0.1, 0.15) is 0 Å². The summed E-state index contributed by atoms with van der Waals surface area (Å²) in [6.45, 7) is 1.90. The lowest BCUT2D eigenvalue weighted by molar-refractivity contribution is -0.585. The number of benzene rings is 1. The molecule has 2 atom stereocenters. The van der Waals surface area contributed by atoms with Crippen molar-refractivity contribution in [1.82, 2.24) is 0 Å². The van der Waals surface area contributed by atoms with Crippen molar-refractivity contribution in [2.45, 2.75) is 37.4 Å². The number of quaternary nitrogens is 1. The summed E-state index contributed by atoms with van der Waals surface area (Å²) in [5.74, 6) is 0.101. The molecule has 0 aliphatic carbocycles. The zero-order chi connectivity index (χ0) is 16.3. The van der Waals surface area contributed by atoms with Crippen LogP contribution in [0.1, 0.15) is 31.2 Å². The van der Waals surface area contributed by atoms with Crippen LogP contribution in [0, 0.1) is 0 Å². The summed E-state index contributed by atoms with van der Waals surface area (Å²) in [6, 6.07) is 5.43. The largest absolute Gasteiger partial charge is 0.871 e. The van der Waals surface area contributed by atoms with Crippen molar-refractivity contribution in [3.05, 3.63) is 45.8 Å². The number of rotatable bonds is 5. The Morgan fingerprint density at radius 3 is 2.83 bits per heavy atom. The molecule has 0 aromatic heterocycles. The lowest BCUT2D eigenvalue weighted by Gasteiger charge is -2.34. The van der Waals surface area contributed by atoms with Crippen LogP contribution in [0.5, 0.6) is 0 Å². The number of ether oxygens (including phenoxy) is 2. The highest BCUT2D eigenvalue weighted by molar-refractivity contribution is 6.42. The Labute approximate surface area is 146 Å². The van der Waals surface area contributed by atoms with E-state index in [1.807, 2.05) is 11.4 Å². The van der Waals surface area contributed by atoms with Crippen molar-refractivity contribution in [2.75, 3.05) is 19.8 Å². The number of nitrogens with two attached hydrogens (primary N) is 1. The summed E-state index contributed by atoms with van der Waals surface area (Å²) in [4.78, 5) is 0. The number of hydrogen-bond acceptors (Lipinski definition) is 3. The normalized spacial score (nSPS) is 27.9. The van der Waals surface area contributed by atoms with Gasteiger partial charge in [0.2, 0.25) is 0 Å². The Bertz CT molecular complexity index is 587. The van der Waals surface area contributed by atoms with E-state index in [0.29, 0.717) is 29.6 Å². The first-order chi connectivity index (χ1) is 11.1. The van der Waals surface area contributed by atoms with Gasteiger partial charge >= 0.3 is 0 Å². The third-order valence-electron chi connectivity index (χ3n) is 4.65. The molecule has 4 nitrogen and oxygen atoms in total. The monoisotopic (exact) mass is 357 g/mol. The van der Waals surface area contributed by atoms with Crippen molar-refractivity contribution in [3.8, 4) is 0 Å². The van der Waals surface area contributed by atoms with E-state index in [-0.39, 0.29) is 12.0 Å². The van der Waals surface area contributed by atoms with E-state index in [0.717, 1.165) is 31.4 Å². The lowest BCUT2D eigenvalue weighted by atomic mass is 9.77. The van der Waals surface area contributed by atoms with Gasteiger partial charge in [0.05, 0.1) is 34.8 Å². The molecule has 1 aromatic rings. The van der Waals surface area contributed by atoms with Crippen molar-refractivity contribution < 1.29 is 19.9 Å². The predicted molar refractivity (Wildman–Crippen MR) is 87.2 cm³/mol. The molecule has 0 spiro atoms. The third kappa shape index (κ3) is 3.67. The van der Waals surface area contributed by atoms with Crippen molar-refractivity contribution in [2.24, 2.45) is 0 Å². The maximum absolute atomic E-state index is 12.5. The minimum atomic E-state index is -0.594. The quantitative estimate of drug-likeness (QED) is 0.875. The third-order valence-corrected chi connectivity index (χ3v) is 5.39. The van der Waals surface area contributed by atoms with E-state index < -0.39 is 5.41 Å². The molecule has 0 bridgehead atoms. The molecular weight excluding hydrogens is 337 g/mol. The van der Waals surface area contributed by atoms with Crippen LogP contribution in [-0.2, 0) is 14.9 Å². The highest BCUT2D eigenvalue weighted by atomic mass is 35.5. The zero-order valence-electron chi connectivity index (χ0n) is 12.9. The topological polar surface area (TPSA) is 58.1 Å². The van der Waals surface area contributed by atoms with Gasteiger partial charge in [-0.3, -0.25) is 0 Å². The lowest BCUT2D eigenvalue weighted by Crippen LogP contribution is -2.78. The van der Waals surface area contributed by atoms with Gasteiger partial charge in [-0.15, -0.1) is 0 Å². The summed E-state index contributed by atoms with van der Waals surface area (Å²) >= 11 is 12.1. The maximum atomic E-state index is 12.5. The molecule has 1 saturated heterocycles. The van der Waals surface area contributed by atoms with Gasteiger partial charge in [-0.2, -0.15) is 0 Å². The van der Waals surface area contributed by atoms with Crippen LogP contribution in [0.2, 0.25) is 10.0 Å². The second kappa shape index (κ2) is 7.41. The summed E-state index contributed by atoms with van der Waals surface area (Å²) < 4.78 is 11.4. The molecule has 3 rings (SSSR count). The first kappa shape index (κ1) is 17.1. The van der Waals surface area contributed by atoms with Crippen LogP contribution in [-0.4, -0.2) is 26.0 Å². The molecule has 0 saturated carbocycles. The smallest absolute Gasteiger partial charge is 0.157 e. The molecule has 0 radical (unpaired) electrons. The van der Waals surface area contributed by atoms with Gasteiger partial charge in [0.25, 0.3) is 0 Å². The van der Waals surface area contributed by atoms with Crippen molar-refractivity contribution in [1.29, 1.82) is 0 Å². The number of hydrogen-bond donors (Lipinski definition) is 1. The van der Waals surface area contributed by atoms with Crippen LogP contribution in [0.4, 0.5) is 0 Å². The van der Waals surface area contributed by atoms with Crippen LogP contribution in [0.25, 0.3) is 0 Å². The average Bonchev–Trinajstić information content (AvgIpc) is 2.93. The fourth-order valence-corrected chi connectivity index (χ4v) is 3.56. The first-order valence-corrected chi connectivity index (χ1v) is 8.77. The van der Waals surface area contributed by atoms with Gasteiger partial charge in [-0.1, -0.05) is 35.0 Å². The van der Waals surface area contributed by atoms with E-state index in [4.69, 9.17) is 32.7 Å². The fraction of sp³-hybridized carbons (Fsp3) is 0.529. The van der Waals surface area contributed by atoms with Gasteiger partial charge in [-0.05, 0) is 43.4 Å². The molecular formula is C17H21Cl2NO3. The van der Waals surface area contributed by atoms with Gasteiger partial charge < -0.3 is 19.9 Å². The highest BCUT2D eigenvalue weighted by Gasteiger charge is 2.38. The standard InChI is InChI=1S/C17H21Cl2NO3/c18-13-5-4-12(9-14(13)19)17(11-20-10-15(17)21)6-8-23-16-3-1-2-7-22-16/h4-5,9-10,16,20-21H,1-3,6-8,11H2. The molecule has 2 heterocycles. The molecule has 2 aliphatic heterocycles. The average molecular weight is 358 g/mol. The first-order valence-electron chi connectivity index (χ1n) is 8.01. The summed E-state index contributed by atoms with van der Waals surface area (Å²) in [6.07, 6.45) is 5.26. The highest BCUT2D eigenvalue weighted by Crippen LogP contribution is 2.36. The molecule has 2 unspecified atom stereocenters. The summed E-state index contributed by atoms with van der Waals surface area (Å²) in [7, 11) is 0. The molecule has 2 aliphatic rings. The van der Waals surface area contributed by atoms with E-state index in [9.17, 15) is 5.11 Å². The summed E-state index contributed by atoms with van der Waals surface area (Å²) in [5, 5.41) is 15.4. The van der Waals surface area contributed by atoms with E-state index >= 15 is 0 Å².